The van der Waals surface area contributed by atoms with Crippen LogP contribution < -0.4 is 10.2 Å². The molecule has 2 amide bonds. The monoisotopic (exact) mass is 320 g/mol. The summed E-state index contributed by atoms with van der Waals surface area (Å²) in [7, 11) is 1.94. The fraction of sp³-hybridized carbons (Fsp3) is 0.200. The number of hydrogen-bond donors (Lipinski definition) is 1. The Balaban J connectivity index is 1.84. The topological polar surface area (TPSA) is 49.4 Å². The number of carbonyl (C=O) groups is 2. The Kier molecular flexibility index (Phi) is 3.97. The maximum absolute atomic E-state index is 12.3. The lowest BCUT2D eigenvalue weighted by Gasteiger charge is -2.23. The van der Waals surface area contributed by atoms with Gasteiger partial charge in [0.1, 0.15) is 0 Å². The van der Waals surface area contributed by atoms with E-state index in [2.05, 4.69) is 25.2 Å². The summed E-state index contributed by atoms with van der Waals surface area (Å²) in [6.45, 7) is 4.15. The highest BCUT2D eigenvalue weighted by Crippen LogP contribution is 2.46. The van der Waals surface area contributed by atoms with Crippen LogP contribution in [0, 0.1) is 0 Å². The van der Waals surface area contributed by atoms with Crippen molar-refractivity contribution in [3.63, 3.8) is 0 Å². The quantitative estimate of drug-likeness (QED) is 0.864. The van der Waals surface area contributed by atoms with E-state index >= 15 is 0 Å². The van der Waals surface area contributed by atoms with E-state index in [0.717, 1.165) is 11.4 Å². The van der Waals surface area contributed by atoms with Gasteiger partial charge in [-0.15, -0.1) is 0 Å². The van der Waals surface area contributed by atoms with E-state index in [1.807, 2.05) is 36.2 Å². The fourth-order valence-electron chi connectivity index (χ4n) is 3.19. The lowest BCUT2D eigenvalue weighted by Crippen LogP contribution is -2.32. The van der Waals surface area contributed by atoms with Crippen LogP contribution in [0.4, 0.5) is 5.69 Å². The summed E-state index contributed by atoms with van der Waals surface area (Å²) >= 11 is 0. The molecule has 4 nitrogen and oxygen atoms in total. The van der Waals surface area contributed by atoms with Crippen molar-refractivity contribution in [1.29, 1.82) is 0 Å². The number of anilines is 1. The number of rotatable bonds is 2. The number of nitrogens with zero attached hydrogens (tertiary/aromatic N) is 1. The molecule has 0 radical (unpaired) electrons. The standard InChI is InChI=1S/C20H20N2O2/c1-20(2)15-11-7-8-12-16(15)22(3)17(20)13-18(23)21-19(24)14-9-5-4-6-10-14/h4-13H,1-3H3,(H,21,23,24)/b17-13+. The highest BCUT2D eigenvalue weighted by atomic mass is 16.2. The molecular weight excluding hydrogens is 300 g/mol. The van der Waals surface area contributed by atoms with Crippen molar-refractivity contribution in [2.75, 3.05) is 11.9 Å². The molecule has 0 aromatic heterocycles. The number of fused-ring (bicyclic) bond motifs is 1. The molecule has 2 aromatic rings. The van der Waals surface area contributed by atoms with Crippen LogP contribution >= 0.6 is 0 Å². The molecule has 1 aliphatic heterocycles. The van der Waals surface area contributed by atoms with Crippen LogP contribution in [-0.4, -0.2) is 18.9 Å². The zero-order valence-corrected chi connectivity index (χ0v) is 14.0. The third kappa shape index (κ3) is 2.71. The van der Waals surface area contributed by atoms with Gasteiger partial charge in [-0.3, -0.25) is 14.9 Å². The zero-order chi connectivity index (χ0) is 17.3. The summed E-state index contributed by atoms with van der Waals surface area (Å²) in [6, 6.07) is 16.8. The molecule has 2 aromatic carbocycles. The van der Waals surface area contributed by atoms with Gasteiger partial charge < -0.3 is 4.90 Å². The van der Waals surface area contributed by atoms with Crippen molar-refractivity contribution in [2.24, 2.45) is 0 Å². The molecule has 0 bridgehead atoms. The van der Waals surface area contributed by atoms with E-state index in [1.165, 1.54) is 11.6 Å². The summed E-state index contributed by atoms with van der Waals surface area (Å²) in [6.07, 6.45) is 1.51. The van der Waals surface area contributed by atoms with Crippen molar-refractivity contribution < 1.29 is 9.59 Å². The third-order valence-corrected chi connectivity index (χ3v) is 4.48. The van der Waals surface area contributed by atoms with Crippen molar-refractivity contribution in [3.8, 4) is 0 Å². The van der Waals surface area contributed by atoms with Crippen LogP contribution in [0.3, 0.4) is 0 Å². The van der Waals surface area contributed by atoms with Gasteiger partial charge in [0.15, 0.2) is 0 Å². The molecule has 0 aliphatic carbocycles. The SMILES string of the molecule is CN1/C(=C/C(=O)NC(=O)c2ccccc2)C(C)(C)c2ccccc21. The van der Waals surface area contributed by atoms with E-state index in [9.17, 15) is 9.59 Å². The molecule has 0 saturated carbocycles. The maximum atomic E-state index is 12.3. The Hall–Kier alpha value is -2.88. The van der Waals surface area contributed by atoms with Crippen molar-refractivity contribution in [2.45, 2.75) is 19.3 Å². The van der Waals surface area contributed by atoms with Gasteiger partial charge >= 0.3 is 0 Å². The highest BCUT2D eigenvalue weighted by molar-refractivity contribution is 6.08. The van der Waals surface area contributed by atoms with Crippen molar-refractivity contribution >= 4 is 17.5 Å². The maximum Gasteiger partial charge on any atom is 0.258 e. The van der Waals surface area contributed by atoms with Gasteiger partial charge in [0.05, 0.1) is 0 Å². The summed E-state index contributed by atoms with van der Waals surface area (Å²) in [4.78, 5) is 26.4. The second-order valence-electron chi connectivity index (χ2n) is 6.42. The number of amides is 2. The molecule has 1 N–H and O–H groups in total. The van der Waals surface area contributed by atoms with Crippen LogP contribution in [0.15, 0.2) is 66.4 Å². The Bertz CT molecular complexity index is 823. The number of carbonyl (C=O) groups excluding carboxylic acids is 2. The average Bonchev–Trinajstić information content (AvgIpc) is 2.77. The van der Waals surface area contributed by atoms with Gasteiger partial charge in [0.2, 0.25) is 0 Å². The molecule has 4 heteroatoms. The van der Waals surface area contributed by atoms with E-state index in [0.29, 0.717) is 5.56 Å². The van der Waals surface area contributed by atoms with E-state index < -0.39 is 11.8 Å². The van der Waals surface area contributed by atoms with Gasteiger partial charge in [0, 0.05) is 35.5 Å². The van der Waals surface area contributed by atoms with Crippen LogP contribution in [-0.2, 0) is 10.2 Å². The summed E-state index contributed by atoms with van der Waals surface area (Å²) < 4.78 is 0. The molecule has 24 heavy (non-hydrogen) atoms. The number of benzene rings is 2. The molecule has 1 heterocycles. The minimum absolute atomic E-state index is 0.293. The first-order chi connectivity index (χ1) is 11.4. The van der Waals surface area contributed by atoms with E-state index in [4.69, 9.17) is 0 Å². The molecule has 0 unspecified atom stereocenters. The molecule has 1 aliphatic rings. The smallest absolute Gasteiger partial charge is 0.258 e. The highest BCUT2D eigenvalue weighted by Gasteiger charge is 2.38. The van der Waals surface area contributed by atoms with Crippen LogP contribution in [0.25, 0.3) is 0 Å². The average molecular weight is 320 g/mol. The second-order valence-corrected chi connectivity index (χ2v) is 6.42. The van der Waals surface area contributed by atoms with Crippen molar-refractivity contribution in [1.82, 2.24) is 5.32 Å². The fourth-order valence-corrected chi connectivity index (χ4v) is 3.19. The number of hydrogen-bond acceptors (Lipinski definition) is 3. The van der Waals surface area contributed by atoms with Crippen LogP contribution in [0.5, 0.6) is 0 Å². The van der Waals surface area contributed by atoms with Gasteiger partial charge in [0.25, 0.3) is 11.8 Å². The third-order valence-electron chi connectivity index (χ3n) is 4.48. The van der Waals surface area contributed by atoms with E-state index in [-0.39, 0.29) is 5.41 Å². The summed E-state index contributed by atoms with van der Waals surface area (Å²) in [5.74, 6) is -0.806. The second kappa shape index (κ2) is 5.96. The molecule has 0 saturated heterocycles. The van der Waals surface area contributed by atoms with Gasteiger partial charge in [-0.2, -0.15) is 0 Å². The molecule has 0 spiro atoms. The lowest BCUT2D eigenvalue weighted by atomic mass is 9.84. The van der Waals surface area contributed by atoms with Gasteiger partial charge in [-0.25, -0.2) is 0 Å². The number of allylic oxidation sites excluding steroid dienone is 1. The van der Waals surface area contributed by atoms with Crippen LogP contribution in [0.1, 0.15) is 29.8 Å². The largest absolute Gasteiger partial charge is 0.347 e. The zero-order valence-electron chi connectivity index (χ0n) is 14.0. The first kappa shape index (κ1) is 16.0. The van der Waals surface area contributed by atoms with Gasteiger partial charge in [-0.1, -0.05) is 50.2 Å². The number of nitrogens with one attached hydrogen (secondary N) is 1. The number of likely N-dealkylation sites (N-methyl/N-ethyl adjacent to an activating group) is 1. The Morgan fingerprint density at radius 3 is 2.29 bits per heavy atom. The minimum atomic E-state index is -0.411. The molecule has 0 atom stereocenters. The Morgan fingerprint density at radius 1 is 1.00 bits per heavy atom. The van der Waals surface area contributed by atoms with E-state index in [1.54, 1.807) is 24.3 Å². The number of para-hydroxylation sites is 1. The predicted octanol–water partition coefficient (Wildman–Crippen LogP) is 3.25. The molecule has 3 rings (SSSR count). The Labute approximate surface area is 141 Å². The van der Waals surface area contributed by atoms with Crippen LogP contribution in [0.2, 0.25) is 0 Å². The Morgan fingerprint density at radius 2 is 1.62 bits per heavy atom. The lowest BCUT2D eigenvalue weighted by molar-refractivity contribution is -0.115. The molecule has 122 valence electrons. The predicted molar refractivity (Wildman–Crippen MR) is 94.9 cm³/mol. The summed E-state index contributed by atoms with van der Waals surface area (Å²) in [5.41, 5.74) is 3.28. The number of imide groups is 1. The van der Waals surface area contributed by atoms with Crippen molar-refractivity contribution in [3.05, 3.63) is 77.5 Å². The first-order valence-electron chi connectivity index (χ1n) is 7.87. The normalized spacial score (nSPS) is 16.8. The molecular formula is C20H20N2O2. The minimum Gasteiger partial charge on any atom is -0.347 e. The molecule has 0 fully saturated rings. The summed E-state index contributed by atoms with van der Waals surface area (Å²) in [5, 5.41) is 2.43. The van der Waals surface area contributed by atoms with Gasteiger partial charge in [-0.05, 0) is 23.8 Å². The first-order valence-corrected chi connectivity index (χ1v) is 7.87.